The molecule has 0 aromatic heterocycles. The molecule has 1 rings (SSSR count). The first-order chi connectivity index (χ1) is 8.27. The van der Waals surface area contributed by atoms with E-state index in [4.69, 9.17) is 4.74 Å². The quantitative estimate of drug-likeness (QED) is 0.702. The molecule has 0 aliphatic heterocycles. The Morgan fingerprint density at radius 1 is 1.41 bits per heavy atom. The molecule has 4 nitrogen and oxygen atoms in total. The fraction of sp³-hybridized carbons (Fsp3) is 0.462. The maximum Gasteiger partial charge on any atom is 0.222 e. The molecule has 0 heterocycles. The smallest absolute Gasteiger partial charge is 0.222 e. The lowest BCUT2D eigenvalue weighted by Crippen LogP contribution is -2.31. The summed E-state index contributed by atoms with van der Waals surface area (Å²) in [6.45, 7) is 2.80. The van der Waals surface area contributed by atoms with Gasteiger partial charge >= 0.3 is 0 Å². The molecular formula is C13H19NO3. The van der Waals surface area contributed by atoms with Crippen molar-refractivity contribution in [3.05, 3.63) is 35.9 Å². The number of benzene rings is 1. The molecule has 2 N–H and O–H groups in total. The molecule has 94 valence electrons. The van der Waals surface area contributed by atoms with Gasteiger partial charge in [0.1, 0.15) is 0 Å². The van der Waals surface area contributed by atoms with Crippen molar-refractivity contribution in [2.75, 3.05) is 19.8 Å². The molecule has 0 radical (unpaired) electrons. The Labute approximate surface area is 102 Å². The number of hydrogen-bond acceptors (Lipinski definition) is 3. The number of aliphatic hydroxyl groups is 1. The van der Waals surface area contributed by atoms with Gasteiger partial charge in [-0.15, -0.1) is 0 Å². The number of hydrogen-bond donors (Lipinski definition) is 2. The van der Waals surface area contributed by atoms with Crippen molar-refractivity contribution in [3.63, 3.8) is 0 Å². The number of aliphatic hydroxyl groups excluding tert-OH is 1. The van der Waals surface area contributed by atoms with Gasteiger partial charge in [-0.1, -0.05) is 30.3 Å². The van der Waals surface area contributed by atoms with Crippen LogP contribution in [0.15, 0.2) is 30.3 Å². The number of nitrogens with one attached hydrogen (secondary N) is 1. The molecule has 1 aromatic rings. The van der Waals surface area contributed by atoms with E-state index in [-0.39, 0.29) is 18.6 Å². The van der Waals surface area contributed by atoms with Gasteiger partial charge in [-0.25, -0.2) is 0 Å². The molecule has 1 atom stereocenters. The van der Waals surface area contributed by atoms with Crippen molar-refractivity contribution >= 4 is 5.91 Å². The van der Waals surface area contributed by atoms with Crippen LogP contribution in [-0.4, -0.2) is 30.8 Å². The second-order valence-electron chi connectivity index (χ2n) is 3.66. The summed E-state index contributed by atoms with van der Waals surface area (Å²) in [5.41, 5.74) is 0.903. The number of carbonyl (C=O) groups excluding carboxylic acids is 1. The van der Waals surface area contributed by atoms with Crippen LogP contribution in [0, 0.1) is 0 Å². The van der Waals surface area contributed by atoms with E-state index in [0.29, 0.717) is 19.6 Å². The van der Waals surface area contributed by atoms with Crippen molar-refractivity contribution in [2.45, 2.75) is 19.4 Å². The Hall–Kier alpha value is -1.39. The minimum Gasteiger partial charge on any atom is -0.394 e. The fourth-order valence-electron chi connectivity index (χ4n) is 1.50. The molecular weight excluding hydrogens is 218 g/mol. The Morgan fingerprint density at radius 3 is 2.71 bits per heavy atom. The molecule has 0 aliphatic rings. The van der Waals surface area contributed by atoms with Crippen LogP contribution >= 0.6 is 0 Å². The highest BCUT2D eigenvalue weighted by molar-refractivity contribution is 5.76. The fourth-order valence-corrected chi connectivity index (χ4v) is 1.50. The summed E-state index contributed by atoms with van der Waals surface area (Å²) < 4.78 is 5.10. The van der Waals surface area contributed by atoms with Gasteiger partial charge in [0.05, 0.1) is 19.3 Å². The van der Waals surface area contributed by atoms with E-state index in [1.807, 2.05) is 37.3 Å². The van der Waals surface area contributed by atoms with Gasteiger partial charge in [0.2, 0.25) is 5.91 Å². The topological polar surface area (TPSA) is 58.6 Å². The molecule has 0 bridgehead atoms. The first-order valence-corrected chi connectivity index (χ1v) is 5.80. The number of amides is 1. The lowest BCUT2D eigenvalue weighted by molar-refractivity contribution is -0.123. The highest BCUT2D eigenvalue weighted by Gasteiger charge is 2.12. The van der Waals surface area contributed by atoms with Crippen molar-refractivity contribution < 1.29 is 14.6 Å². The summed E-state index contributed by atoms with van der Waals surface area (Å²) in [6, 6.07) is 9.07. The van der Waals surface area contributed by atoms with Gasteiger partial charge in [0, 0.05) is 13.0 Å². The molecule has 17 heavy (non-hydrogen) atoms. The Bertz CT molecular complexity index is 327. The minimum atomic E-state index is -0.342. The van der Waals surface area contributed by atoms with E-state index in [0.717, 1.165) is 5.56 Å². The normalized spacial score (nSPS) is 12.1. The molecule has 0 fully saturated rings. The predicted molar refractivity (Wildman–Crippen MR) is 65.5 cm³/mol. The summed E-state index contributed by atoms with van der Waals surface area (Å²) in [5.74, 6) is -0.110. The summed E-state index contributed by atoms with van der Waals surface area (Å²) >= 11 is 0. The van der Waals surface area contributed by atoms with Crippen LogP contribution in [0.1, 0.15) is 24.9 Å². The lowest BCUT2D eigenvalue weighted by atomic mass is 10.1. The van der Waals surface area contributed by atoms with Gasteiger partial charge in [0.25, 0.3) is 0 Å². The highest BCUT2D eigenvalue weighted by atomic mass is 16.5. The van der Waals surface area contributed by atoms with Crippen LogP contribution in [-0.2, 0) is 9.53 Å². The van der Waals surface area contributed by atoms with Crippen LogP contribution in [0.3, 0.4) is 0 Å². The van der Waals surface area contributed by atoms with Crippen LogP contribution in [0.4, 0.5) is 0 Å². The van der Waals surface area contributed by atoms with Gasteiger partial charge < -0.3 is 15.2 Å². The third-order valence-electron chi connectivity index (χ3n) is 2.40. The lowest BCUT2D eigenvalue weighted by Gasteiger charge is -2.16. The van der Waals surface area contributed by atoms with Crippen molar-refractivity contribution in [1.82, 2.24) is 5.32 Å². The molecule has 1 amide bonds. The zero-order chi connectivity index (χ0) is 12.5. The van der Waals surface area contributed by atoms with E-state index in [1.165, 1.54) is 0 Å². The van der Waals surface area contributed by atoms with Crippen molar-refractivity contribution in [1.29, 1.82) is 0 Å². The summed E-state index contributed by atoms with van der Waals surface area (Å²) in [5, 5.41) is 12.0. The van der Waals surface area contributed by atoms with Crippen LogP contribution in [0.2, 0.25) is 0 Å². The van der Waals surface area contributed by atoms with Gasteiger partial charge in [-0.3, -0.25) is 4.79 Å². The average molecular weight is 237 g/mol. The molecule has 0 spiro atoms. The van der Waals surface area contributed by atoms with E-state index < -0.39 is 0 Å². The number of ether oxygens (including phenoxy) is 1. The van der Waals surface area contributed by atoms with Gasteiger partial charge in [-0.2, -0.15) is 0 Å². The van der Waals surface area contributed by atoms with E-state index >= 15 is 0 Å². The van der Waals surface area contributed by atoms with Crippen LogP contribution in [0.25, 0.3) is 0 Å². The molecule has 4 heteroatoms. The summed E-state index contributed by atoms with van der Waals surface area (Å²) in [6.07, 6.45) is 0.317. The van der Waals surface area contributed by atoms with Crippen molar-refractivity contribution in [3.8, 4) is 0 Å². The molecule has 0 unspecified atom stereocenters. The average Bonchev–Trinajstić information content (AvgIpc) is 2.37. The van der Waals surface area contributed by atoms with E-state index in [2.05, 4.69) is 5.32 Å². The second-order valence-corrected chi connectivity index (χ2v) is 3.66. The zero-order valence-corrected chi connectivity index (χ0v) is 10.1. The molecule has 0 saturated carbocycles. The Morgan fingerprint density at radius 2 is 2.12 bits per heavy atom. The second kappa shape index (κ2) is 7.81. The van der Waals surface area contributed by atoms with Crippen molar-refractivity contribution in [2.24, 2.45) is 0 Å². The largest absolute Gasteiger partial charge is 0.394 e. The first kappa shape index (κ1) is 13.7. The molecule has 0 aliphatic carbocycles. The highest BCUT2D eigenvalue weighted by Crippen LogP contribution is 2.11. The third-order valence-corrected chi connectivity index (χ3v) is 2.40. The summed E-state index contributed by atoms with van der Waals surface area (Å²) in [7, 11) is 0. The molecule has 1 aromatic carbocycles. The van der Waals surface area contributed by atoms with Crippen LogP contribution < -0.4 is 5.32 Å². The maximum atomic E-state index is 11.6. The monoisotopic (exact) mass is 237 g/mol. The van der Waals surface area contributed by atoms with Crippen LogP contribution in [0.5, 0.6) is 0 Å². The van der Waals surface area contributed by atoms with E-state index in [1.54, 1.807) is 0 Å². The number of rotatable bonds is 7. The minimum absolute atomic E-state index is 0.107. The van der Waals surface area contributed by atoms with E-state index in [9.17, 15) is 9.90 Å². The Balaban J connectivity index is 2.44. The third kappa shape index (κ3) is 4.97. The predicted octanol–water partition coefficient (Wildman–Crippen LogP) is 1.26. The summed E-state index contributed by atoms with van der Waals surface area (Å²) in [4.78, 5) is 11.6. The number of carbonyl (C=O) groups is 1. The Kier molecular flexibility index (Phi) is 6.29. The standard InChI is InChI=1S/C13H19NO3/c1-2-17-9-8-13(16)14-12(10-15)11-6-4-3-5-7-11/h3-7,12,15H,2,8-10H2,1H3,(H,14,16)/t12-/m1/s1. The zero-order valence-electron chi connectivity index (χ0n) is 10.1. The van der Waals surface area contributed by atoms with Gasteiger partial charge in [-0.05, 0) is 12.5 Å². The molecule has 0 saturated heterocycles. The van der Waals surface area contributed by atoms with Gasteiger partial charge in [0.15, 0.2) is 0 Å². The SMILES string of the molecule is CCOCCC(=O)N[C@H](CO)c1ccccc1. The maximum absolute atomic E-state index is 11.6. The first-order valence-electron chi connectivity index (χ1n) is 5.80.